The number of ether oxygens (including phenoxy) is 2. The van der Waals surface area contributed by atoms with E-state index in [0.29, 0.717) is 31.9 Å². The van der Waals surface area contributed by atoms with Crippen LogP contribution in [0.25, 0.3) is 0 Å². The van der Waals surface area contributed by atoms with Crippen LogP contribution in [0.3, 0.4) is 0 Å². The van der Waals surface area contributed by atoms with Crippen LogP contribution >= 0.6 is 11.6 Å². The molecule has 1 spiro atoms. The van der Waals surface area contributed by atoms with Crippen LogP contribution in [0.5, 0.6) is 5.75 Å². The lowest BCUT2D eigenvalue weighted by Gasteiger charge is -2.50. The summed E-state index contributed by atoms with van der Waals surface area (Å²) in [5, 5.41) is -0.0856. The highest BCUT2D eigenvalue weighted by molar-refractivity contribution is 7.90. The number of sulfonamides is 1. The van der Waals surface area contributed by atoms with Crippen LogP contribution in [0, 0.1) is 17.8 Å². The molecule has 2 aromatic carbocycles. The van der Waals surface area contributed by atoms with E-state index in [9.17, 15) is 13.2 Å². The smallest absolute Gasteiger partial charge is 0.264 e. The van der Waals surface area contributed by atoms with Gasteiger partial charge < -0.3 is 14.4 Å². The largest absolute Gasteiger partial charge is 0.490 e. The van der Waals surface area contributed by atoms with Gasteiger partial charge in [0, 0.05) is 54.5 Å². The summed E-state index contributed by atoms with van der Waals surface area (Å²) in [6.45, 7) is 5.39. The summed E-state index contributed by atoms with van der Waals surface area (Å²) in [6, 6.07) is 11.5. The Hall–Kier alpha value is -3.47. The molecule has 0 unspecified atom stereocenters. The fourth-order valence-electron chi connectivity index (χ4n) is 8.35. The number of nitrogens with zero attached hydrogens (tertiary/aromatic N) is 3. The number of halogens is 1. The second-order valence-electron chi connectivity index (χ2n) is 14.1. The zero-order valence-corrected chi connectivity index (χ0v) is 29.3. The predicted octanol–water partition coefficient (Wildman–Crippen LogP) is 6.22. The van der Waals surface area contributed by atoms with Crippen LogP contribution in [-0.4, -0.2) is 56.3 Å². The number of methoxy groups -OCH3 is 1. The van der Waals surface area contributed by atoms with E-state index < -0.39 is 26.8 Å². The number of carbonyl (C=O) groups is 1. The van der Waals surface area contributed by atoms with Crippen molar-refractivity contribution in [3.63, 3.8) is 0 Å². The molecule has 9 nitrogen and oxygen atoms in total. The summed E-state index contributed by atoms with van der Waals surface area (Å²) in [7, 11) is -2.25. The van der Waals surface area contributed by atoms with Crippen molar-refractivity contribution < 1.29 is 22.7 Å². The SMILES string of the molecule is CO[C@]1(c2cnccn2)/C=C\C[C@H](C)[C@@H](C)S(=O)(=O)NC(=O)c2ccc3c(c2)N(C[C@@H]2CC[C@H]21)C[C@@]1(CCCc2cc(Cl)ccc21)CO3. The standard InChI is InChI=1S/C37H43ClN4O5S/c1-24-6-4-15-37(46-3,34-20-39-16-17-40-34)31-11-8-28(31)21-42-22-36(14-5-7-26-18-29(38)10-12-30(26)36)23-47-33-13-9-27(19-32(33)42)35(43)41-48(44,45)25(24)2/h4,9-10,12-13,15-20,24-25,28,31H,5-8,11,14,21-23H2,1-3H3,(H,41,43)/b15-4-/t24-,25+,28-,31+,36-,37+/m0/s1. The Balaban J connectivity index is 1.36. The van der Waals surface area contributed by atoms with Gasteiger partial charge in [0.1, 0.15) is 11.4 Å². The molecule has 6 atom stereocenters. The zero-order valence-electron chi connectivity index (χ0n) is 27.7. The molecule has 1 saturated carbocycles. The topological polar surface area (TPSA) is 111 Å². The molecule has 0 radical (unpaired) electrons. The molecule has 3 heterocycles. The van der Waals surface area contributed by atoms with Gasteiger partial charge in [0.2, 0.25) is 10.0 Å². The average molecular weight is 691 g/mol. The summed E-state index contributed by atoms with van der Waals surface area (Å²) in [4.78, 5) is 25.0. The lowest BCUT2D eigenvalue weighted by atomic mass is 9.63. The molecule has 2 aliphatic heterocycles. The normalized spacial score (nSPS) is 32.1. The minimum absolute atomic E-state index is 0.0901. The number of allylic oxidation sites excluding steroid dienone is 1. The first-order valence-corrected chi connectivity index (χ1v) is 18.8. The van der Waals surface area contributed by atoms with Crippen LogP contribution in [0.15, 0.2) is 67.1 Å². The third kappa shape index (κ3) is 5.79. The quantitative estimate of drug-likeness (QED) is 0.316. The van der Waals surface area contributed by atoms with Crippen LogP contribution in [0.1, 0.15) is 73.1 Å². The first-order valence-electron chi connectivity index (χ1n) is 16.9. The second kappa shape index (κ2) is 12.8. The van der Waals surface area contributed by atoms with Gasteiger partial charge in [-0.15, -0.1) is 0 Å². The molecule has 254 valence electrons. The summed E-state index contributed by atoms with van der Waals surface area (Å²) in [5.74, 6) is 0.0903. The lowest BCUT2D eigenvalue weighted by Crippen LogP contribution is -2.52. The van der Waals surface area contributed by atoms with Crippen molar-refractivity contribution in [2.45, 2.75) is 68.6 Å². The van der Waals surface area contributed by atoms with Crippen molar-refractivity contribution in [1.82, 2.24) is 14.7 Å². The highest BCUT2D eigenvalue weighted by Gasteiger charge is 2.50. The number of anilines is 1. The third-order valence-electron chi connectivity index (χ3n) is 11.4. The highest BCUT2D eigenvalue weighted by atomic mass is 35.5. The van der Waals surface area contributed by atoms with Crippen molar-refractivity contribution >= 4 is 33.2 Å². The summed E-state index contributed by atoms with van der Waals surface area (Å²) < 4.78 is 42.4. The highest BCUT2D eigenvalue weighted by Crippen LogP contribution is 2.51. The Kier molecular flexibility index (Phi) is 8.79. The lowest BCUT2D eigenvalue weighted by molar-refractivity contribution is -0.0833. The van der Waals surface area contributed by atoms with Crippen LogP contribution in [0.2, 0.25) is 5.02 Å². The number of nitrogens with one attached hydrogen (secondary N) is 1. The monoisotopic (exact) mass is 690 g/mol. The Morgan fingerprint density at radius 2 is 1.98 bits per heavy atom. The number of hydrogen-bond donors (Lipinski definition) is 1. The first-order chi connectivity index (χ1) is 23.0. The Bertz CT molecular complexity index is 1840. The molecule has 4 aliphatic rings. The Morgan fingerprint density at radius 3 is 2.73 bits per heavy atom. The minimum atomic E-state index is -3.97. The number of benzene rings is 2. The molecule has 1 amide bonds. The van der Waals surface area contributed by atoms with E-state index in [1.807, 2.05) is 25.1 Å². The van der Waals surface area contributed by atoms with Crippen molar-refractivity contribution in [3.05, 3.63) is 94.5 Å². The van der Waals surface area contributed by atoms with Gasteiger partial charge in [0.05, 0.1) is 29.4 Å². The summed E-state index contributed by atoms with van der Waals surface area (Å²) >= 11 is 6.46. The molecule has 11 heteroatoms. The molecule has 48 heavy (non-hydrogen) atoms. The minimum Gasteiger partial charge on any atom is -0.490 e. The average Bonchev–Trinajstić information content (AvgIpc) is 3.22. The van der Waals surface area contributed by atoms with Crippen molar-refractivity contribution in [2.24, 2.45) is 17.8 Å². The second-order valence-corrected chi connectivity index (χ2v) is 16.6. The first kappa shape index (κ1) is 33.0. The molecule has 0 saturated heterocycles. The van der Waals surface area contributed by atoms with Crippen LogP contribution < -0.4 is 14.4 Å². The molecule has 7 rings (SSSR count). The number of fused-ring (bicyclic) bond motifs is 4. The fraction of sp³-hybridized carbons (Fsp3) is 0.486. The molecule has 2 bridgehead atoms. The van der Waals surface area contributed by atoms with Gasteiger partial charge in [-0.05, 0) is 98.7 Å². The maximum absolute atomic E-state index is 13.5. The van der Waals surface area contributed by atoms with E-state index >= 15 is 0 Å². The van der Waals surface area contributed by atoms with E-state index in [-0.39, 0.29) is 28.7 Å². The molecular weight excluding hydrogens is 648 g/mol. The van der Waals surface area contributed by atoms with Gasteiger partial charge in [0.25, 0.3) is 5.91 Å². The molecule has 2 aliphatic carbocycles. The summed E-state index contributed by atoms with van der Waals surface area (Å²) in [6.07, 6.45) is 14.5. The van der Waals surface area contributed by atoms with Gasteiger partial charge in [-0.25, -0.2) is 13.1 Å². The Morgan fingerprint density at radius 1 is 1.12 bits per heavy atom. The van der Waals surface area contributed by atoms with Crippen LogP contribution in [0.4, 0.5) is 5.69 Å². The number of aryl methyl sites for hydroxylation is 1. The van der Waals surface area contributed by atoms with Crippen molar-refractivity contribution in [2.75, 3.05) is 31.7 Å². The maximum Gasteiger partial charge on any atom is 0.264 e. The number of carbonyl (C=O) groups excluding carboxylic acids is 1. The molecule has 1 aromatic heterocycles. The van der Waals surface area contributed by atoms with E-state index in [1.54, 1.807) is 44.8 Å². The van der Waals surface area contributed by atoms with E-state index in [1.165, 1.54) is 11.1 Å². The van der Waals surface area contributed by atoms with Crippen LogP contribution in [-0.2, 0) is 32.2 Å². The molecule has 1 fully saturated rings. The molecule has 1 N–H and O–H groups in total. The van der Waals surface area contributed by atoms with Gasteiger partial charge >= 0.3 is 0 Å². The Labute approximate surface area is 288 Å². The van der Waals surface area contributed by atoms with Gasteiger partial charge in [-0.1, -0.05) is 36.7 Å². The zero-order chi connectivity index (χ0) is 33.7. The number of aromatic nitrogens is 2. The van der Waals surface area contributed by atoms with Crippen molar-refractivity contribution in [3.8, 4) is 5.75 Å². The maximum atomic E-state index is 13.5. The van der Waals surface area contributed by atoms with Crippen molar-refractivity contribution in [1.29, 1.82) is 0 Å². The van der Waals surface area contributed by atoms with Gasteiger partial charge in [0.15, 0.2) is 0 Å². The number of hydrogen-bond acceptors (Lipinski definition) is 8. The van der Waals surface area contributed by atoms with E-state index in [4.69, 9.17) is 26.1 Å². The number of rotatable bonds is 2. The number of amides is 1. The predicted molar refractivity (Wildman–Crippen MR) is 186 cm³/mol. The van der Waals surface area contributed by atoms with E-state index in [2.05, 4.69) is 32.8 Å². The summed E-state index contributed by atoms with van der Waals surface area (Å²) in [5.41, 5.74) is 3.16. The van der Waals surface area contributed by atoms with Gasteiger partial charge in [-0.2, -0.15) is 0 Å². The van der Waals surface area contributed by atoms with E-state index in [0.717, 1.165) is 48.5 Å². The third-order valence-corrected chi connectivity index (χ3v) is 13.6. The van der Waals surface area contributed by atoms with Gasteiger partial charge in [-0.3, -0.25) is 14.8 Å². The molecule has 3 aromatic rings. The fourth-order valence-corrected chi connectivity index (χ4v) is 9.83. The molecular formula is C37H43ClN4O5S.